The topological polar surface area (TPSA) is 87.3 Å². The number of rotatable bonds is 7. The summed E-state index contributed by atoms with van der Waals surface area (Å²) in [5, 5.41) is 7.86. The van der Waals surface area contributed by atoms with E-state index in [2.05, 4.69) is 16.0 Å². The lowest BCUT2D eigenvalue weighted by Crippen LogP contribution is -2.47. The van der Waals surface area contributed by atoms with Crippen molar-refractivity contribution in [2.24, 2.45) is 5.92 Å². The minimum Gasteiger partial charge on any atom is -0.340 e. The molecule has 9 heteroatoms. The molecule has 3 aromatic rings. The van der Waals surface area contributed by atoms with E-state index in [1.165, 1.54) is 30.3 Å². The second-order valence-electron chi connectivity index (χ2n) is 8.66. The standard InChI is InChI=1S/C27H26F3N3O3/c1-16(2)23(33-24(34)18-12-10-17(3)11-13-18)26(36)32-21-8-4-6-19(14-21)25(35)31-22-9-5-7-20(15-22)27(28,29)30/h4-16,23H,1-3H3,(H,31,35)(H,32,36)(H,33,34)/t23-/m1/s1. The van der Waals surface area contributed by atoms with E-state index in [0.717, 1.165) is 17.7 Å². The van der Waals surface area contributed by atoms with E-state index in [1.807, 2.05) is 6.92 Å². The molecule has 0 aliphatic carbocycles. The maximum atomic E-state index is 12.9. The fraction of sp³-hybridized carbons (Fsp3) is 0.222. The zero-order valence-corrected chi connectivity index (χ0v) is 19.9. The molecular formula is C27H26F3N3O3. The molecule has 3 rings (SSSR count). The number of carbonyl (C=O) groups is 3. The number of nitrogens with one attached hydrogen (secondary N) is 3. The molecule has 0 fully saturated rings. The summed E-state index contributed by atoms with van der Waals surface area (Å²) in [5.41, 5.74) is 0.965. The molecule has 0 aliphatic rings. The van der Waals surface area contributed by atoms with Crippen LogP contribution in [0, 0.1) is 12.8 Å². The summed E-state index contributed by atoms with van der Waals surface area (Å²) in [6, 6.07) is 16.4. The second kappa shape index (κ2) is 11.1. The van der Waals surface area contributed by atoms with Crippen molar-refractivity contribution in [1.29, 1.82) is 0 Å². The van der Waals surface area contributed by atoms with Crippen LogP contribution in [-0.2, 0) is 11.0 Å². The molecule has 3 amide bonds. The minimum atomic E-state index is -4.53. The summed E-state index contributed by atoms with van der Waals surface area (Å²) >= 11 is 0. The summed E-state index contributed by atoms with van der Waals surface area (Å²) in [7, 11) is 0. The first-order valence-corrected chi connectivity index (χ1v) is 11.2. The molecule has 188 valence electrons. The summed E-state index contributed by atoms with van der Waals surface area (Å²) < 4.78 is 38.8. The molecule has 1 atom stereocenters. The molecule has 0 radical (unpaired) electrons. The zero-order chi connectivity index (χ0) is 26.5. The van der Waals surface area contributed by atoms with E-state index >= 15 is 0 Å². The van der Waals surface area contributed by atoms with Gasteiger partial charge in [-0.2, -0.15) is 13.2 Å². The Morgan fingerprint density at radius 2 is 1.36 bits per heavy atom. The van der Waals surface area contributed by atoms with Crippen molar-refractivity contribution in [3.05, 3.63) is 95.1 Å². The molecule has 0 heterocycles. The van der Waals surface area contributed by atoms with Crippen LogP contribution in [0.4, 0.5) is 24.5 Å². The van der Waals surface area contributed by atoms with E-state index in [9.17, 15) is 27.6 Å². The lowest BCUT2D eigenvalue weighted by molar-refractivity contribution is -0.137. The van der Waals surface area contributed by atoms with Crippen LogP contribution in [0.2, 0.25) is 0 Å². The van der Waals surface area contributed by atoms with Crippen LogP contribution in [0.5, 0.6) is 0 Å². The molecule has 0 unspecified atom stereocenters. The molecule has 6 nitrogen and oxygen atoms in total. The number of hydrogen-bond donors (Lipinski definition) is 3. The summed E-state index contributed by atoms with van der Waals surface area (Å²) in [4.78, 5) is 38.2. The third-order valence-corrected chi connectivity index (χ3v) is 5.39. The first kappa shape index (κ1) is 26.5. The lowest BCUT2D eigenvalue weighted by Gasteiger charge is -2.22. The summed E-state index contributed by atoms with van der Waals surface area (Å²) in [6.45, 7) is 5.48. The van der Waals surface area contributed by atoms with Gasteiger partial charge in [-0.25, -0.2) is 0 Å². The Morgan fingerprint density at radius 1 is 0.750 bits per heavy atom. The average molecular weight is 498 g/mol. The molecule has 3 aromatic carbocycles. The van der Waals surface area contributed by atoms with Gasteiger partial charge in [-0.1, -0.05) is 43.7 Å². The van der Waals surface area contributed by atoms with Gasteiger partial charge in [0.1, 0.15) is 6.04 Å². The van der Waals surface area contributed by atoms with Gasteiger partial charge >= 0.3 is 6.18 Å². The van der Waals surface area contributed by atoms with E-state index in [-0.39, 0.29) is 17.2 Å². The number of aryl methyl sites for hydroxylation is 1. The van der Waals surface area contributed by atoms with Crippen molar-refractivity contribution in [1.82, 2.24) is 5.32 Å². The van der Waals surface area contributed by atoms with Gasteiger partial charge in [0, 0.05) is 22.5 Å². The van der Waals surface area contributed by atoms with Gasteiger partial charge in [0.05, 0.1) is 5.56 Å². The maximum absolute atomic E-state index is 12.9. The molecule has 3 N–H and O–H groups in total. The Labute approximate surface area is 206 Å². The smallest absolute Gasteiger partial charge is 0.340 e. The molecule has 0 saturated carbocycles. The number of alkyl halides is 3. The van der Waals surface area contributed by atoms with Crippen molar-refractivity contribution in [2.45, 2.75) is 33.0 Å². The van der Waals surface area contributed by atoms with E-state index in [1.54, 1.807) is 44.2 Å². The van der Waals surface area contributed by atoms with E-state index in [4.69, 9.17) is 0 Å². The molecule has 0 aliphatic heterocycles. The molecule has 0 bridgehead atoms. The number of carbonyl (C=O) groups excluding carboxylic acids is 3. The van der Waals surface area contributed by atoms with Crippen LogP contribution < -0.4 is 16.0 Å². The van der Waals surface area contributed by atoms with Crippen molar-refractivity contribution >= 4 is 29.1 Å². The number of anilines is 2. The Morgan fingerprint density at radius 3 is 1.97 bits per heavy atom. The van der Waals surface area contributed by atoms with Gasteiger partial charge in [0.2, 0.25) is 5.91 Å². The van der Waals surface area contributed by atoms with Gasteiger partial charge in [-0.15, -0.1) is 0 Å². The maximum Gasteiger partial charge on any atom is 0.416 e. The quantitative estimate of drug-likeness (QED) is 0.394. The molecular weight excluding hydrogens is 471 g/mol. The van der Waals surface area contributed by atoms with Crippen molar-refractivity contribution in [3.8, 4) is 0 Å². The van der Waals surface area contributed by atoms with E-state index in [0.29, 0.717) is 11.3 Å². The normalized spacial score (nSPS) is 12.1. The number of hydrogen-bond acceptors (Lipinski definition) is 3. The predicted octanol–water partition coefficient (Wildman–Crippen LogP) is 5.66. The fourth-order valence-electron chi connectivity index (χ4n) is 3.40. The molecule has 0 aromatic heterocycles. The van der Waals surface area contributed by atoms with Gasteiger partial charge in [0.25, 0.3) is 11.8 Å². The van der Waals surface area contributed by atoms with Gasteiger partial charge in [-0.3, -0.25) is 14.4 Å². The predicted molar refractivity (Wildman–Crippen MR) is 132 cm³/mol. The average Bonchev–Trinajstić information content (AvgIpc) is 2.82. The highest BCUT2D eigenvalue weighted by molar-refractivity contribution is 6.06. The van der Waals surface area contributed by atoms with Crippen LogP contribution in [0.25, 0.3) is 0 Å². The van der Waals surface area contributed by atoms with Crippen LogP contribution >= 0.6 is 0 Å². The van der Waals surface area contributed by atoms with Gasteiger partial charge in [0.15, 0.2) is 0 Å². The molecule has 36 heavy (non-hydrogen) atoms. The van der Waals surface area contributed by atoms with Crippen molar-refractivity contribution < 1.29 is 27.6 Å². The monoisotopic (exact) mass is 497 g/mol. The summed E-state index contributed by atoms with van der Waals surface area (Å²) in [5.74, 6) is -1.73. The SMILES string of the molecule is Cc1ccc(C(=O)N[C@@H](C(=O)Nc2cccc(C(=O)Nc3cccc(C(F)(F)F)c3)c2)C(C)C)cc1. The Kier molecular flexibility index (Phi) is 8.14. The second-order valence-corrected chi connectivity index (χ2v) is 8.66. The highest BCUT2D eigenvalue weighted by Gasteiger charge is 2.30. The highest BCUT2D eigenvalue weighted by Crippen LogP contribution is 2.30. The number of halogens is 3. The van der Waals surface area contributed by atoms with Crippen LogP contribution in [0.3, 0.4) is 0 Å². The van der Waals surface area contributed by atoms with Crippen molar-refractivity contribution in [3.63, 3.8) is 0 Å². The number of benzene rings is 3. The lowest BCUT2D eigenvalue weighted by atomic mass is 10.0. The third-order valence-electron chi connectivity index (χ3n) is 5.39. The largest absolute Gasteiger partial charge is 0.416 e. The molecule has 0 spiro atoms. The van der Waals surface area contributed by atoms with E-state index < -0.39 is 35.5 Å². The van der Waals surface area contributed by atoms with Crippen molar-refractivity contribution in [2.75, 3.05) is 10.6 Å². The number of amides is 3. The first-order chi connectivity index (χ1) is 16.9. The van der Waals surface area contributed by atoms with Crippen LogP contribution in [0.1, 0.15) is 45.7 Å². The van der Waals surface area contributed by atoms with Gasteiger partial charge in [-0.05, 0) is 61.4 Å². The minimum absolute atomic E-state index is 0.0112. The Balaban J connectivity index is 1.70. The Bertz CT molecular complexity index is 1250. The fourth-order valence-corrected chi connectivity index (χ4v) is 3.40. The molecule has 0 saturated heterocycles. The summed E-state index contributed by atoms with van der Waals surface area (Å²) in [6.07, 6.45) is -4.53. The highest BCUT2D eigenvalue weighted by atomic mass is 19.4. The third kappa shape index (κ3) is 6.94. The Hall–Kier alpha value is -4.14. The van der Waals surface area contributed by atoms with Gasteiger partial charge < -0.3 is 16.0 Å². The van der Waals surface area contributed by atoms with Crippen LogP contribution in [-0.4, -0.2) is 23.8 Å². The zero-order valence-electron chi connectivity index (χ0n) is 19.9. The van der Waals surface area contributed by atoms with Crippen LogP contribution in [0.15, 0.2) is 72.8 Å². The first-order valence-electron chi connectivity index (χ1n) is 11.2.